The molecule has 1 aromatic carbocycles. The number of anilines is 1. The van der Waals surface area contributed by atoms with Crippen LogP contribution in [0.15, 0.2) is 24.3 Å². The number of piperidine rings is 1. The highest BCUT2D eigenvalue weighted by Gasteiger charge is 2.28. The molecule has 0 spiro atoms. The number of nitrogens with one attached hydrogen (secondary N) is 1. The van der Waals surface area contributed by atoms with Crippen molar-refractivity contribution >= 4 is 34.2 Å². The Balaban J connectivity index is 1.48. The van der Waals surface area contributed by atoms with E-state index in [1.54, 1.807) is 7.11 Å². The van der Waals surface area contributed by atoms with E-state index in [0.717, 1.165) is 48.2 Å². The van der Waals surface area contributed by atoms with Crippen molar-refractivity contribution in [1.29, 1.82) is 0 Å². The lowest BCUT2D eigenvalue weighted by molar-refractivity contribution is -0.128. The lowest BCUT2D eigenvalue weighted by atomic mass is 9.93. The van der Waals surface area contributed by atoms with Gasteiger partial charge in [0.15, 0.2) is 0 Å². The van der Waals surface area contributed by atoms with Crippen molar-refractivity contribution in [2.45, 2.75) is 33.1 Å². The van der Waals surface area contributed by atoms with Gasteiger partial charge in [-0.1, -0.05) is 12.1 Å². The second-order valence-electron chi connectivity index (χ2n) is 8.18. The number of alkyl halides is 1. The third-order valence-corrected chi connectivity index (χ3v) is 6.82. The van der Waals surface area contributed by atoms with Crippen LogP contribution in [0.25, 0.3) is 0 Å². The molecular weight excluding hydrogens is 408 g/mol. The average molecular weight is 437 g/mol. The molecule has 1 amide bonds. The maximum atomic E-state index is 12.2. The molecule has 2 heterocycles. The average Bonchev–Trinajstić information content (AvgIpc) is 3.20. The first-order valence-corrected chi connectivity index (χ1v) is 11.3. The van der Waals surface area contributed by atoms with Crippen molar-refractivity contribution in [3.8, 4) is 5.75 Å². The number of aromatic nitrogens is 2. The second-order valence-corrected chi connectivity index (χ2v) is 9.18. The van der Waals surface area contributed by atoms with E-state index < -0.39 is 5.41 Å². The molecule has 1 N–H and O–H groups in total. The predicted molar refractivity (Wildman–Crippen MR) is 118 cm³/mol. The maximum absolute atomic E-state index is 12.2. The number of benzene rings is 1. The lowest BCUT2D eigenvalue weighted by Gasteiger charge is -2.32. The first kappa shape index (κ1) is 21.8. The van der Waals surface area contributed by atoms with Crippen LogP contribution in [0.2, 0.25) is 0 Å². The third-order valence-electron chi connectivity index (χ3n) is 5.34. The summed E-state index contributed by atoms with van der Waals surface area (Å²) in [5.74, 6) is 2.54. The van der Waals surface area contributed by atoms with E-state index in [-0.39, 0.29) is 5.91 Å². The summed E-state index contributed by atoms with van der Waals surface area (Å²) in [6.07, 6.45) is 2.77. The van der Waals surface area contributed by atoms with Crippen LogP contribution in [-0.4, -0.2) is 47.9 Å². The molecule has 0 atom stereocenters. The van der Waals surface area contributed by atoms with Crippen LogP contribution in [0.3, 0.4) is 0 Å². The number of methoxy groups -OCH3 is 1. The molecule has 3 rings (SSSR count). The molecule has 1 saturated heterocycles. The predicted octanol–water partition coefficient (Wildman–Crippen LogP) is 3.74. The van der Waals surface area contributed by atoms with Crippen molar-refractivity contribution in [2.75, 3.05) is 37.5 Å². The van der Waals surface area contributed by atoms with Gasteiger partial charge >= 0.3 is 0 Å². The lowest BCUT2D eigenvalue weighted by Crippen LogP contribution is -2.43. The Morgan fingerprint density at radius 1 is 1.38 bits per heavy atom. The first-order chi connectivity index (χ1) is 13.9. The third kappa shape index (κ3) is 5.82. The molecule has 6 nitrogen and oxygen atoms in total. The van der Waals surface area contributed by atoms with Gasteiger partial charge in [-0.3, -0.25) is 4.79 Å². The SMILES string of the molecule is COc1cccc(Cc2nsc(N3CCC(CNC(=O)C(C)(C)CCl)CC3)n2)c1. The summed E-state index contributed by atoms with van der Waals surface area (Å²) in [7, 11) is 1.67. The summed E-state index contributed by atoms with van der Waals surface area (Å²) < 4.78 is 9.82. The van der Waals surface area contributed by atoms with Crippen molar-refractivity contribution in [2.24, 2.45) is 11.3 Å². The molecule has 2 aromatic rings. The fourth-order valence-electron chi connectivity index (χ4n) is 3.28. The number of nitrogens with zero attached hydrogens (tertiary/aromatic N) is 3. The van der Waals surface area contributed by atoms with Gasteiger partial charge in [0.25, 0.3) is 0 Å². The summed E-state index contributed by atoms with van der Waals surface area (Å²) in [6.45, 7) is 6.33. The quantitative estimate of drug-likeness (QED) is 0.638. The molecule has 1 fully saturated rings. The van der Waals surface area contributed by atoms with Gasteiger partial charge in [-0.15, -0.1) is 11.6 Å². The second kappa shape index (κ2) is 9.76. The molecule has 0 aliphatic carbocycles. The van der Waals surface area contributed by atoms with Crippen LogP contribution in [0.4, 0.5) is 5.13 Å². The van der Waals surface area contributed by atoms with Gasteiger partial charge in [0, 0.05) is 43.5 Å². The topological polar surface area (TPSA) is 67.3 Å². The molecular formula is C21H29ClN4O2S. The van der Waals surface area contributed by atoms with E-state index in [2.05, 4.69) is 20.7 Å². The summed E-state index contributed by atoms with van der Waals surface area (Å²) in [4.78, 5) is 19.2. The Kier molecular flexibility index (Phi) is 7.35. The van der Waals surface area contributed by atoms with Crippen molar-refractivity contribution < 1.29 is 9.53 Å². The highest BCUT2D eigenvalue weighted by atomic mass is 35.5. The van der Waals surface area contributed by atoms with Gasteiger partial charge in [-0.2, -0.15) is 4.37 Å². The van der Waals surface area contributed by atoms with E-state index in [1.165, 1.54) is 11.5 Å². The number of ether oxygens (including phenoxy) is 1. The number of carbonyl (C=O) groups excluding carboxylic acids is 1. The van der Waals surface area contributed by atoms with Crippen molar-refractivity contribution in [3.05, 3.63) is 35.7 Å². The summed E-state index contributed by atoms with van der Waals surface area (Å²) >= 11 is 7.34. The van der Waals surface area contributed by atoms with E-state index in [4.69, 9.17) is 21.3 Å². The van der Waals surface area contributed by atoms with E-state index in [9.17, 15) is 4.79 Å². The molecule has 1 aromatic heterocycles. The zero-order valence-electron chi connectivity index (χ0n) is 17.3. The Morgan fingerprint density at radius 3 is 2.83 bits per heavy atom. The Morgan fingerprint density at radius 2 is 2.14 bits per heavy atom. The summed E-state index contributed by atoms with van der Waals surface area (Å²) in [6, 6.07) is 8.01. The van der Waals surface area contributed by atoms with Gasteiger partial charge in [0.2, 0.25) is 11.0 Å². The zero-order valence-corrected chi connectivity index (χ0v) is 18.9. The normalized spacial score (nSPS) is 15.4. The molecule has 158 valence electrons. The van der Waals surface area contributed by atoms with Crippen LogP contribution < -0.4 is 15.0 Å². The van der Waals surface area contributed by atoms with Crippen LogP contribution >= 0.6 is 23.1 Å². The minimum atomic E-state index is -0.520. The molecule has 1 aliphatic rings. The molecule has 0 unspecified atom stereocenters. The highest BCUT2D eigenvalue weighted by molar-refractivity contribution is 7.09. The number of rotatable bonds is 8. The number of hydrogen-bond donors (Lipinski definition) is 1. The van der Waals surface area contributed by atoms with Crippen LogP contribution in [0.1, 0.15) is 38.1 Å². The molecule has 8 heteroatoms. The Hall–Kier alpha value is -1.86. The Bertz CT molecular complexity index is 819. The molecule has 1 aliphatic heterocycles. The highest BCUT2D eigenvalue weighted by Crippen LogP contribution is 2.26. The maximum Gasteiger partial charge on any atom is 0.226 e. The van der Waals surface area contributed by atoms with Gasteiger partial charge in [0.05, 0.1) is 12.5 Å². The first-order valence-electron chi connectivity index (χ1n) is 9.96. The van der Waals surface area contributed by atoms with Gasteiger partial charge in [0.1, 0.15) is 11.6 Å². The smallest absolute Gasteiger partial charge is 0.226 e. The zero-order chi connectivity index (χ0) is 20.9. The molecule has 29 heavy (non-hydrogen) atoms. The fourth-order valence-corrected chi connectivity index (χ4v) is 4.13. The number of carbonyl (C=O) groups is 1. The summed E-state index contributed by atoms with van der Waals surface area (Å²) in [5.41, 5.74) is 0.622. The largest absolute Gasteiger partial charge is 0.497 e. The van der Waals surface area contributed by atoms with Crippen molar-refractivity contribution in [3.63, 3.8) is 0 Å². The van der Waals surface area contributed by atoms with E-state index >= 15 is 0 Å². The number of hydrogen-bond acceptors (Lipinski definition) is 6. The molecule has 0 saturated carbocycles. The standard InChI is InChI=1S/C21H29ClN4O2S/c1-21(2,14-22)19(27)23-13-15-7-9-26(10-8-15)20-24-18(25-29-20)12-16-5-4-6-17(11-16)28-3/h4-6,11,15H,7-10,12-14H2,1-3H3,(H,23,27). The molecule has 0 radical (unpaired) electrons. The van der Waals surface area contributed by atoms with Crippen molar-refractivity contribution in [1.82, 2.24) is 14.7 Å². The minimum absolute atomic E-state index is 0.0289. The van der Waals surface area contributed by atoms with Gasteiger partial charge < -0.3 is 15.0 Å². The van der Waals surface area contributed by atoms with Crippen LogP contribution in [-0.2, 0) is 11.2 Å². The Labute approximate surface area is 181 Å². The minimum Gasteiger partial charge on any atom is -0.497 e. The van der Waals surface area contributed by atoms with Crippen LogP contribution in [0, 0.1) is 11.3 Å². The van der Waals surface area contributed by atoms with Crippen LogP contribution in [0.5, 0.6) is 5.75 Å². The van der Waals surface area contributed by atoms with E-state index in [1.807, 2.05) is 32.0 Å². The monoisotopic (exact) mass is 436 g/mol. The summed E-state index contributed by atoms with van der Waals surface area (Å²) in [5, 5.41) is 4.04. The molecule has 0 bridgehead atoms. The fraction of sp³-hybridized carbons (Fsp3) is 0.571. The van der Waals surface area contributed by atoms with Gasteiger partial charge in [-0.25, -0.2) is 4.98 Å². The number of amides is 1. The number of halogens is 1. The van der Waals surface area contributed by atoms with E-state index in [0.29, 0.717) is 24.8 Å². The van der Waals surface area contributed by atoms with Gasteiger partial charge in [-0.05, 0) is 50.3 Å².